The van der Waals surface area contributed by atoms with Crippen LogP contribution in [0.15, 0.2) is 0 Å². The van der Waals surface area contributed by atoms with Crippen LogP contribution in [-0.4, -0.2) is 40.0 Å². The van der Waals surface area contributed by atoms with Gasteiger partial charge in [0.05, 0.1) is 0 Å². The first kappa shape index (κ1) is 17.8. The van der Waals surface area contributed by atoms with E-state index < -0.39 is 0 Å². The predicted molar refractivity (Wildman–Crippen MR) is 91.2 cm³/mol. The van der Waals surface area contributed by atoms with Gasteiger partial charge in [0.1, 0.15) is 5.01 Å². The quantitative estimate of drug-likeness (QED) is 0.895. The van der Waals surface area contributed by atoms with Crippen LogP contribution in [0.25, 0.3) is 0 Å². The van der Waals surface area contributed by atoms with Crippen LogP contribution >= 0.6 is 11.3 Å². The van der Waals surface area contributed by atoms with Gasteiger partial charge in [-0.1, -0.05) is 39.0 Å². The summed E-state index contributed by atoms with van der Waals surface area (Å²) in [5.41, 5.74) is 0. The fraction of sp³-hybridized carbons (Fsp3) is 0.750. The molecule has 1 fully saturated rings. The van der Waals surface area contributed by atoms with Crippen LogP contribution in [0.2, 0.25) is 0 Å². The molecule has 1 aliphatic heterocycles. The summed E-state index contributed by atoms with van der Waals surface area (Å²) in [5.74, 6) is 0.652. The standard InChI is InChI=1S/C16H26N4O2S/c1-10(2)9-13-18-19-16(23-13)17-14(21)12-5-7-20(8-6-12)15(22)11(3)4/h10-12H,5-9H2,1-4H3,(H,17,19,21). The maximum Gasteiger partial charge on any atom is 0.229 e. The smallest absolute Gasteiger partial charge is 0.229 e. The van der Waals surface area contributed by atoms with E-state index in [1.54, 1.807) is 0 Å². The van der Waals surface area contributed by atoms with Crippen LogP contribution in [0.4, 0.5) is 5.13 Å². The largest absolute Gasteiger partial charge is 0.342 e. The van der Waals surface area contributed by atoms with Crippen LogP contribution in [0.1, 0.15) is 45.5 Å². The van der Waals surface area contributed by atoms with Gasteiger partial charge in [0.25, 0.3) is 0 Å². The molecular weight excluding hydrogens is 312 g/mol. The lowest BCUT2D eigenvalue weighted by Gasteiger charge is -2.32. The van der Waals surface area contributed by atoms with E-state index in [9.17, 15) is 9.59 Å². The molecule has 2 amide bonds. The second kappa shape index (κ2) is 7.86. The van der Waals surface area contributed by atoms with Crippen molar-refractivity contribution in [3.8, 4) is 0 Å². The minimum atomic E-state index is -0.0522. The van der Waals surface area contributed by atoms with Crippen LogP contribution in [0, 0.1) is 17.8 Å². The van der Waals surface area contributed by atoms with Crippen molar-refractivity contribution in [1.82, 2.24) is 15.1 Å². The van der Waals surface area contributed by atoms with E-state index >= 15 is 0 Å². The summed E-state index contributed by atoms with van der Waals surface area (Å²) in [5, 5.41) is 12.6. The number of hydrogen-bond donors (Lipinski definition) is 1. The molecule has 128 valence electrons. The SMILES string of the molecule is CC(C)Cc1nnc(NC(=O)C2CCN(C(=O)C(C)C)CC2)s1. The van der Waals surface area contributed by atoms with E-state index in [0.29, 0.717) is 37.0 Å². The number of nitrogens with one attached hydrogen (secondary N) is 1. The molecule has 6 nitrogen and oxygen atoms in total. The minimum absolute atomic E-state index is 0.00565. The molecule has 1 saturated heterocycles. The second-order valence-corrected chi connectivity index (χ2v) is 7.90. The highest BCUT2D eigenvalue weighted by Gasteiger charge is 2.28. The molecule has 0 bridgehead atoms. The zero-order valence-corrected chi connectivity index (χ0v) is 15.2. The normalized spacial score (nSPS) is 16.2. The third-order valence-electron chi connectivity index (χ3n) is 3.95. The molecule has 7 heteroatoms. The van der Waals surface area contributed by atoms with Crippen LogP contribution < -0.4 is 5.32 Å². The maximum atomic E-state index is 12.3. The molecule has 1 aliphatic rings. The molecule has 1 aromatic heterocycles. The number of carbonyl (C=O) groups excluding carboxylic acids is 2. The Balaban J connectivity index is 1.83. The van der Waals surface area contributed by atoms with Crippen molar-refractivity contribution >= 4 is 28.3 Å². The highest BCUT2D eigenvalue weighted by Crippen LogP contribution is 2.23. The van der Waals surface area contributed by atoms with Crippen molar-refractivity contribution in [2.75, 3.05) is 18.4 Å². The Kier molecular flexibility index (Phi) is 6.10. The monoisotopic (exact) mass is 338 g/mol. The molecule has 0 spiro atoms. The number of nitrogens with zero attached hydrogens (tertiary/aromatic N) is 3. The summed E-state index contributed by atoms with van der Waals surface area (Å²) in [6, 6.07) is 0. The van der Waals surface area contributed by atoms with E-state index in [0.717, 1.165) is 11.4 Å². The first-order valence-corrected chi connectivity index (χ1v) is 9.10. The Hall–Kier alpha value is -1.50. The van der Waals surface area contributed by atoms with Crippen molar-refractivity contribution in [2.45, 2.75) is 47.0 Å². The summed E-state index contributed by atoms with van der Waals surface area (Å²) in [6.07, 6.45) is 2.30. The van der Waals surface area contributed by atoms with Gasteiger partial charge < -0.3 is 10.2 Å². The molecule has 0 radical (unpaired) electrons. The molecule has 2 heterocycles. The molecule has 23 heavy (non-hydrogen) atoms. The van der Waals surface area contributed by atoms with Crippen LogP contribution in [-0.2, 0) is 16.0 Å². The molecular formula is C16H26N4O2S. The van der Waals surface area contributed by atoms with Gasteiger partial charge in [-0.3, -0.25) is 9.59 Å². The zero-order valence-electron chi connectivity index (χ0n) is 14.3. The predicted octanol–water partition coefficient (Wildman–Crippen LogP) is 2.57. The fourth-order valence-corrected chi connectivity index (χ4v) is 3.63. The molecule has 1 aromatic rings. The Morgan fingerprint density at radius 1 is 1.22 bits per heavy atom. The van der Waals surface area contributed by atoms with E-state index in [1.807, 2.05) is 18.7 Å². The van der Waals surface area contributed by atoms with Crippen molar-refractivity contribution < 1.29 is 9.59 Å². The van der Waals surface area contributed by atoms with E-state index in [2.05, 4.69) is 29.4 Å². The number of piperidine rings is 1. The summed E-state index contributed by atoms with van der Waals surface area (Å²) in [7, 11) is 0. The van der Waals surface area contributed by atoms with Gasteiger partial charge >= 0.3 is 0 Å². The number of hydrogen-bond acceptors (Lipinski definition) is 5. The molecule has 1 N–H and O–H groups in total. The number of amides is 2. The van der Waals surface area contributed by atoms with Crippen molar-refractivity contribution in [1.29, 1.82) is 0 Å². The lowest BCUT2D eigenvalue weighted by atomic mass is 9.95. The van der Waals surface area contributed by atoms with Gasteiger partial charge in [0.15, 0.2) is 0 Å². The summed E-state index contributed by atoms with van der Waals surface area (Å²) in [4.78, 5) is 26.2. The summed E-state index contributed by atoms with van der Waals surface area (Å²) in [6.45, 7) is 9.39. The molecule has 0 aliphatic carbocycles. The Morgan fingerprint density at radius 3 is 2.43 bits per heavy atom. The number of carbonyl (C=O) groups is 2. The van der Waals surface area contributed by atoms with Gasteiger partial charge in [-0.25, -0.2) is 0 Å². The Morgan fingerprint density at radius 2 is 1.87 bits per heavy atom. The number of anilines is 1. The van der Waals surface area contributed by atoms with Crippen LogP contribution in [0.3, 0.4) is 0 Å². The third kappa shape index (κ3) is 4.99. The highest BCUT2D eigenvalue weighted by atomic mass is 32.1. The Bertz CT molecular complexity index is 548. The lowest BCUT2D eigenvalue weighted by Crippen LogP contribution is -2.43. The van der Waals surface area contributed by atoms with Crippen LogP contribution in [0.5, 0.6) is 0 Å². The molecule has 0 saturated carbocycles. The third-order valence-corrected chi connectivity index (χ3v) is 4.81. The van der Waals surface area contributed by atoms with Gasteiger partial charge in [-0.2, -0.15) is 0 Å². The number of likely N-dealkylation sites (tertiary alicyclic amines) is 1. The van der Waals surface area contributed by atoms with Gasteiger partial charge in [-0.15, -0.1) is 10.2 Å². The second-order valence-electron chi connectivity index (χ2n) is 6.84. The fourth-order valence-electron chi connectivity index (χ4n) is 2.67. The molecule has 2 rings (SSSR count). The molecule has 0 atom stereocenters. The average molecular weight is 338 g/mol. The van der Waals surface area contributed by atoms with Crippen molar-refractivity contribution in [3.05, 3.63) is 5.01 Å². The maximum absolute atomic E-state index is 12.3. The summed E-state index contributed by atoms with van der Waals surface area (Å²) >= 11 is 1.44. The average Bonchev–Trinajstić information content (AvgIpc) is 2.92. The number of rotatable bonds is 5. The van der Waals surface area contributed by atoms with E-state index in [1.165, 1.54) is 11.3 Å². The van der Waals surface area contributed by atoms with E-state index in [4.69, 9.17) is 0 Å². The molecule has 0 unspecified atom stereocenters. The topological polar surface area (TPSA) is 75.2 Å². The highest BCUT2D eigenvalue weighted by molar-refractivity contribution is 7.15. The first-order valence-electron chi connectivity index (χ1n) is 8.28. The Labute approximate surface area is 141 Å². The van der Waals surface area contributed by atoms with Gasteiger partial charge in [-0.05, 0) is 18.8 Å². The van der Waals surface area contributed by atoms with Crippen molar-refractivity contribution in [3.63, 3.8) is 0 Å². The summed E-state index contributed by atoms with van der Waals surface area (Å²) < 4.78 is 0. The number of aromatic nitrogens is 2. The first-order chi connectivity index (χ1) is 10.9. The van der Waals surface area contributed by atoms with Gasteiger partial charge in [0, 0.05) is 31.3 Å². The minimum Gasteiger partial charge on any atom is -0.342 e. The molecule has 0 aromatic carbocycles. The zero-order chi connectivity index (χ0) is 17.0. The lowest BCUT2D eigenvalue weighted by molar-refractivity contribution is -0.137. The van der Waals surface area contributed by atoms with E-state index in [-0.39, 0.29) is 23.7 Å². The van der Waals surface area contributed by atoms with Gasteiger partial charge in [0.2, 0.25) is 16.9 Å². The van der Waals surface area contributed by atoms with Crippen molar-refractivity contribution in [2.24, 2.45) is 17.8 Å².